The molecule has 13 heteroatoms. The summed E-state index contributed by atoms with van der Waals surface area (Å²) in [6, 6.07) is 17.7. The third-order valence-corrected chi connectivity index (χ3v) is 15.9. The smallest absolute Gasteiger partial charge is 0.338 e. The number of aliphatic hydroxyl groups excluding tert-OH is 2. The molecule has 1 spiro atoms. The molecule has 4 aliphatic carbocycles. The number of esters is 2. The van der Waals surface area contributed by atoms with Gasteiger partial charge in [0, 0.05) is 35.3 Å². The Kier molecular flexibility index (Phi) is 8.67. The Bertz CT molecular complexity index is 2020. The lowest BCUT2D eigenvalue weighted by Crippen LogP contribution is -2.89. The van der Waals surface area contributed by atoms with Crippen LogP contribution in [0, 0.1) is 35.5 Å². The van der Waals surface area contributed by atoms with Gasteiger partial charge in [-0.05, 0) is 69.1 Å². The van der Waals surface area contributed by atoms with Crippen molar-refractivity contribution in [2.75, 3.05) is 6.61 Å². The van der Waals surface area contributed by atoms with E-state index in [1.807, 2.05) is 19.1 Å². The second-order valence-corrected chi connectivity index (χ2v) is 18.4. The molecule has 18 atom stereocenters. The Hall–Kier alpha value is -3.50. The van der Waals surface area contributed by atoms with E-state index in [1.54, 1.807) is 67.6 Å². The van der Waals surface area contributed by atoms with Gasteiger partial charge in [-0.1, -0.05) is 74.5 Å². The summed E-state index contributed by atoms with van der Waals surface area (Å²) in [7, 11) is 0. The van der Waals surface area contributed by atoms with Crippen LogP contribution in [0.25, 0.3) is 0 Å². The van der Waals surface area contributed by atoms with Crippen molar-refractivity contribution in [1.29, 1.82) is 0 Å². The molecule has 5 N–H and O–H groups in total. The minimum Gasteiger partial charge on any atom is -0.456 e. The molecule has 2 aromatic rings. The van der Waals surface area contributed by atoms with Crippen molar-refractivity contribution in [3.63, 3.8) is 0 Å². The molecule has 8 fully saturated rings. The van der Waals surface area contributed by atoms with Crippen LogP contribution in [-0.2, 0) is 39.2 Å². The van der Waals surface area contributed by atoms with Crippen LogP contribution in [0.2, 0.25) is 0 Å². The molecular weight excluding hydrogens is 748 g/mol. The molecule has 12 rings (SSSR count). The fraction of sp³-hybridized carbons (Fsp3) is 0.600. The van der Waals surface area contributed by atoms with Crippen LogP contribution in [0.5, 0.6) is 0 Å². The minimum absolute atomic E-state index is 0.0988. The molecule has 13 nitrogen and oxygen atoms in total. The molecular formula is C45H52O13. The minimum atomic E-state index is -2.20. The van der Waals surface area contributed by atoms with E-state index in [1.165, 1.54) is 12.2 Å². The van der Waals surface area contributed by atoms with E-state index in [2.05, 4.69) is 6.92 Å². The van der Waals surface area contributed by atoms with Gasteiger partial charge in [0.1, 0.15) is 53.4 Å². The number of hydrogen-bond acceptors (Lipinski definition) is 13. The quantitative estimate of drug-likeness (QED) is 0.224. The highest BCUT2D eigenvalue weighted by Gasteiger charge is 2.90. The van der Waals surface area contributed by atoms with Crippen molar-refractivity contribution in [3.05, 3.63) is 96.1 Å². The van der Waals surface area contributed by atoms with Crippen molar-refractivity contribution < 1.29 is 63.5 Å². The Morgan fingerprint density at radius 1 is 0.879 bits per heavy atom. The van der Waals surface area contributed by atoms with Crippen molar-refractivity contribution >= 4 is 11.9 Å². The van der Waals surface area contributed by atoms with E-state index in [-0.39, 0.29) is 37.0 Å². The second kappa shape index (κ2) is 13.0. The van der Waals surface area contributed by atoms with Gasteiger partial charge >= 0.3 is 17.9 Å². The van der Waals surface area contributed by atoms with E-state index in [0.717, 1.165) is 0 Å². The lowest BCUT2D eigenvalue weighted by Gasteiger charge is -2.74. The van der Waals surface area contributed by atoms with E-state index in [9.17, 15) is 35.1 Å². The number of carbonyl (C=O) groups excluding carboxylic acids is 2. The fourth-order valence-electron chi connectivity index (χ4n) is 13.0. The van der Waals surface area contributed by atoms with Gasteiger partial charge in [-0.3, -0.25) is 0 Å². The van der Waals surface area contributed by atoms with Gasteiger partial charge < -0.3 is 54.0 Å². The van der Waals surface area contributed by atoms with Crippen LogP contribution in [0.3, 0.4) is 0 Å². The first-order valence-corrected chi connectivity index (χ1v) is 20.7. The Labute approximate surface area is 336 Å². The maximum absolute atomic E-state index is 13.6. The number of epoxide rings is 1. The molecule has 2 aromatic carbocycles. The van der Waals surface area contributed by atoms with Crippen molar-refractivity contribution in [3.8, 4) is 0 Å². The number of benzene rings is 2. The average molecular weight is 801 g/mol. The monoisotopic (exact) mass is 800 g/mol. The second-order valence-electron chi connectivity index (χ2n) is 18.4. The Morgan fingerprint density at radius 2 is 1.59 bits per heavy atom. The first kappa shape index (κ1) is 38.7. The van der Waals surface area contributed by atoms with E-state index in [4.69, 9.17) is 28.4 Å². The maximum Gasteiger partial charge on any atom is 0.338 e. The highest BCUT2D eigenvalue weighted by atomic mass is 16.9. The number of rotatable bonds is 4. The molecule has 4 saturated carbocycles. The number of hydrogen-bond donors (Lipinski definition) is 5. The number of carbonyl (C=O) groups is 2. The summed E-state index contributed by atoms with van der Waals surface area (Å²) in [5, 5.41) is 63.0. The van der Waals surface area contributed by atoms with Gasteiger partial charge in [0.25, 0.3) is 0 Å². The highest BCUT2D eigenvalue weighted by Crippen LogP contribution is 2.74. The molecule has 58 heavy (non-hydrogen) atoms. The lowest BCUT2D eigenvalue weighted by atomic mass is 9.49. The number of allylic oxidation sites excluding steroid dienone is 2. The predicted molar refractivity (Wildman–Crippen MR) is 202 cm³/mol. The van der Waals surface area contributed by atoms with Gasteiger partial charge in [-0.15, -0.1) is 0 Å². The molecule has 6 heterocycles. The summed E-state index contributed by atoms with van der Waals surface area (Å²) in [5.41, 5.74) is -8.42. The summed E-state index contributed by atoms with van der Waals surface area (Å²) in [6.07, 6.45) is 0.831. The Morgan fingerprint density at radius 3 is 2.31 bits per heavy atom. The highest BCUT2D eigenvalue weighted by molar-refractivity contribution is 5.89. The van der Waals surface area contributed by atoms with Crippen LogP contribution in [0.4, 0.5) is 0 Å². The van der Waals surface area contributed by atoms with Gasteiger partial charge in [-0.25, -0.2) is 9.59 Å². The standard InChI is InChI=1S/C45H52O13/c1-24-27-18-19-29(24)30(53-38(48)26-12-6-4-7-13-26)16-10-11-17-33(47)54-32-21-20-31-42(32,51)39(49)41(23-46)36(55-41)34-37-44(52,40(3,50)22-27)35-25(2)43(31,34)58-45(56-35,57-37)28-14-8-5-9-15-28/h4-17,24-25,27,29-32,34-37,39,46,49-52H,18-23H2,1-3H3/b16-10?,17-11+/t24?,25-,27-,29+,30-,31-,32+,34+,35+,36+,37-,39-,40-,41+,42-,43+,44+,45+/m1/s1. The number of fused-ring (bicyclic) bond motifs is 6. The van der Waals surface area contributed by atoms with Crippen LogP contribution in [-0.4, -0.2) is 109 Å². The van der Waals surface area contributed by atoms with Crippen LogP contribution in [0.15, 0.2) is 85.0 Å². The zero-order valence-electron chi connectivity index (χ0n) is 32.8. The zero-order valence-corrected chi connectivity index (χ0v) is 32.8. The lowest BCUT2D eigenvalue weighted by molar-refractivity contribution is -0.595. The molecule has 6 aliphatic heterocycles. The van der Waals surface area contributed by atoms with E-state index >= 15 is 0 Å². The summed E-state index contributed by atoms with van der Waals surface area (Å²) >= 11 is 0. The molecule has 0 radical (unpaired) electrons. The van der Waals surface area contributed by atoms with Crippen LogP contribution >= 0.6 is 0 Å². The number of ether oxygens (including phenoxy) is 6. The molecule has 1 unspecified atom stereocenters. The third-order valence-electron chi connectivity index (χ3n) is 15.9. The summed E-state index contributed by atoms with van der Waals surface area (Å²) in [4.78, 5) is 27.0. The molecule has 10 aliphatic rings. The molecule has 0 aromatic heterocycles. The van der Waals surface area contributed by atoms with Gasteiger partial charge in [0.15, 0.2) is 0 Å². The summed E-state index contributed by atoms with van der Waals surface area (Å²) in [5.74, 6) is -6.19. The third kappa shape index (κ3) is 4.96. The molecule has 310 valence electrons. The average Bonchev–Trinajstić information content (AvgIpc) is 3.73. The van der Waals surface area contributed by atoms with Crippen molar-refractivity contribution in [1.82, 2.24) is 0 Å². The van der Waals surface area contributed by atoms with Crippen molar-refractivity contribution in [2.45, 2.75) is 123 Å². The predicted octanol–water partition coefficient (Wildman–Crippen LogP) is 3.06. The largest absolute Gasteiger partial charge is 0.456 e. The SMILES string of the molecule is CC1[C@@H]2CC[C@@H]1[C@H](OC(=O)c1ccccc1)C=C/C=C/C(=O)O[C@H]1CC[C@@H]3[C@]1(O)[C@H](O)[C@@]1(CO)O[C@H]1[C@H]1[C@H]4O[C@]5(c6ccccc6)O[C@@H]([C@@H](C)[C@@]13O5)[C@@]4(O)[C@](C)(O)C2. The summed E-state index contributed by atoms with van der Waals surface area (Å²) < 4.78 is 39.4. The maximum atomic E-state index is 13.6. The van der Waals surface area contributed by atoms with Gasteiger partial charge in [-0.2, -0.15) is 0 Å². The fourth-order valence-corrected chi connectivity index (χ4v) is 13.0. The van der Waals surface area contributed by atoms with Gasteiger partial charge in [0.2, 0.25) is 0 Å². The topological polar surface area (TPSA) is 194 Å². The van der Waals surface area contributed by atoms with Crippen LogP contribution < -0.4 is 0 Å². The zero-order chi connectivity index (χ0) is 40.6. The first-order valence-electron chi connectivity index (χ1n) is 20.7. The molecule has 4 saturated heterocycles. The molecule has 0 amide bonds. The van der Waals surface area contributed by atoms with E-state index < -0.39 is 107 Å². The Balaban J connectivity index is 1.12. The van der Waals surface area contributed by atoms with E-state index in [0.29, 0.717) is 24.0 Å². The first-order chi connectivity index (χ1) is 27.7. The van der Waals surface area contributed by atoms with Gasteiger partial charge in [0.05, 0.1) is 23.4 Å². The van der Waals surface area contributed by atoms with Crippen LogP contribution in [0.1, 0.15) is 68.8 Å². The summed E-state index contributed by atoms with van der Waals surface area (Å²) in [6.45, 7) is 4.83. The normalized spacial score (nSPS) is 51.6. The molecule has 11 bridgehead atoms. The number of aliphatic hydroxyl groups is 5. The van der Waals surface area contributed by atoms with Crippen molar-refractivity contribution in [2.24, 2.45) is 35.5 Å².